The number of carbonyl (C=O) groups excluding carboxylic acids is 3. The van der Waals surface area contributed by atoms with Crippen LogP contribution in [0.1, 0.15) is 62.0 Å². The number of rotatable bonds is 7. The van der Waals surface area contributed by atoms with Gasteiger partial charge in [-0.1, -0.05) is 49.4 Å². The van der Waals surface area contributed by atoms with Crippen molar-refractivity contribution in [3.63, 3.8) is 0 Å². The maximum Gasteiger partial charge on any atom is 0.261 e. The molecule has 1 saturated heterocycles. The van der Waals surface area contributed by atoms with Crippen LogP contribution in [0.2, 0.25) is 0 Å². The minimum Gasteiger partial charge on any atom is -0.322 e. The molecular formula is C30H31N3O3. The average molecular weight is 482 g/mol. The molecule has 0 saturated carbocycles. The summed E-state index contributed by atoms with van der Waals surface area (Å²) in [7, 11) is 0. The number of hydrogen-bond acceptors (Lipinski definition) is 4. The fourth-order valence-electron chi connectivity index (χ4n) is 4.90. The average Bonchev–Trinajstić information content (AvgIpc) is 3.14. The minimum atomic E-state index is -0.350. The molecule has 2 heterocycles. The lowest BCUT2D eigenvalue weighted by Gasteiger charge is -2.30. The van der Waals surface area contributed by atoms with Gasteiger partial charge in [-0.2, -0.15) is 0 Å². The smallest absolute Gasteiger partial charge is 0.261 e. The zero-order chi connectivity index (χ0) is 25.1. The van der Waals surface area contributed by atoms with Crippen molar-refractivity contribution in [1.82, 2.24) is 9.80 Å². The Balaban J connectivity index is 1.21. The molecule has 0 unspecified atom stereocenters. The highest BCUT2D eigenvalue weighted by molar-refractivity contribution is 6.22. The molecule has 2 aliphatic rings. The van der Waals surface area contributed by atoms with Crippen LogP contribution < -0.4 is 5.32 Å². The Kier molecular flexibility index (Phi) is 6.96. The van der Waals surface area contributed by atoms with Gasteiger partial charge >= 0.3 is 0 Å². The van der Waals surface area contributed by atoms with Gasteiger partial charge in [-0.3, -0.25) is 24.2 Å². The third-order valence-electron chi connectivity index (χ3n) is 7.19. The molecule has 0 aliphatic carbocycles. The number of piperidine rings is 1. The standard InChI is InChI=1S/C30H31N3O3/c1-21-13-16-32(17-14-21)20-23-7-10-25(11-8-23)31-28(34)24-9-12-26-27(19-24)30(36)33(29(26)35)18-15-22-5-3-2-4-6-22/h2-12,19,21H,13-18,20H2,1H3,(H,31,34). The van der Waals surface area contributed by atoms with Crippen molar-refractivity contribution in [1.29, 1.82) is 0 Å². The Morgan fingerprint density at radius 2 is 1.56 bits per heavy atom. The van der Waals surface area contributed by atoms with Crippen LogP contribution in [0.15, 0.2) is 72.8 Å². The zero-order valence-corrected chi connectivity index (χ0v) is 20.6. The number of benzene rings is 3. The SMILES string of the molecule is CC1CCN(Cc2ccc(NC(=O)c3ccc4c(c3)C(=O)N(CCc3ccccc3)C4=O)cc2)CC1. The summed E-state index contributed by atoms with van der Waals surface area (Å²) in [6, 6.07) is 22.4. The lowest BCUT2D eigenvalue weighted by molar-refractivity contribution is 0.0656. The maximum absolute atomic E-state index is 12.9. The van der Waals surface area contributed by atoms with Gasteiger partial charge in [0, 0.05) is 24.3 Å². The van der Waals surface area contributed by atoms with Crippen molar-refractivity contribution < 1.29 is 14.4 Å². The molecule has 36 heavy (non-hydrogen) atoms. The maximum atomic E-state index is 12.9. The Morgan fingerprint density at radius 1 is 0.861 bits per heavy atom. The molecule has 3 amide bonds. The molecule has 6 nitrogen and oxygen atoms in total. The van der Waals surface area contributed by atoms with Crippen LogP contribution in [-0.4, -0.2) is 47.2 Å². The van der Waals surface area contributed by atoms with Crippen LogP contribution in [0.4, 0.5) is 5.69 Å². The number of likely N-dealkylation sites (tertiary alicyclic amines) is 1. The van der Waals surface area contributed by atoms with Gasteiger partial charge in [0.05, 0.1) is 11.1 Å². The van der Waals surface area contributed by atoms with Gasteiger partial charge in [0.15, 0.2) is 0 Å². The molecule has 0 bridgehead atoms. The van der Waals surface area contributed by atoms with E-state index < -0.39 is 0 Å². The molecule has 0 spiro atoms. The van der Waals surface area contributed by atoms with Crippen molar-refractivity contribution in [2.75, 3.05) is 25.0 Å². The van der Waals surface area contributed by atoms with E-state index in [0.717, 1.165) is 31.1 Å². The Morgan fingerprint density at radius 3 is 2.28 bits per heavy atom. The first-order valence-corrected chi connectivity index (χ1v) is 12.6. The first-order valence-electron chi connectivity index (χ1n) is 12.6. The lowest BCUT2D eigenvalue weighted by Crippen LogP contribution is -2.32. The largest absolute Gasteiger partial charge is 0.322 e. The van der Waals surface area contributed by atoms with Gasteiger partial charge in [0.1, 0.15) is 0 Å². The van der Waals surface area contributed by atoms with Crippen LogP contribution >= 0.6 is 0 Å². The van der Waals surface area contributed by atoms with Crippen molar-refractivity contribution >= 4 is 23.4 Å². The van der Waals surface area contributed by atoms with Crippen LogP contribution in [-0.2, 0) is 13.0 Å². The molecule has 3 aromatic carbocycles. The Labute approximate surface area is 211 Å². The second kappa shape index (κ2) is 10.5. The highest BCUT2D eigenvalue weighted by Crippen LogP contribution is 2.25. The van der Waals surface area contributed by atoms with E-state index in [2.05, 4.69) is 17.1 Å². The highest BCUT2D eigenvalue weighted by Gasteiger charge is 2.35. The monoisotopic (exact) mass is 481 g/mol. The van der Waals surface area contributed by atoms with Gasteiger partial charge in [-0.25, -0.2) is 0 Å². The van der Waals surface area contributed by atoms with Crippen molar-refractivity contribution in [3.8, 4) is 0 Å². The number of fused-ring (bicyclic) bond motifs is 1. The summed E-state index contributed by atoms with van der Waals surface area (Å²) in [5.41, 5.74) is 3.97. The van der Waals surface area contributed by atoms with Crippen LogP contribution in [0.3, 0.4) is 0 Å². The Bertz CT molecular complexity index is 1260. The number of imide groups is 1. The number of amides is 3. The van der Waals surface area contributed by atoms with E-state index >= 15 is 0 Å². The molecular weight excluding hydrogens is 450 g/mol. The van der Waals surface area contributed by atoms with Gasteiger partial charge in [0.25, 0.3) is 17.7 Å². The summed E-state index contributed by atoms with van der Waals surface area (Å²) in [6.45, 7) is 5.79. The quantitative estimate of drug-likeness (QED) is 0.482. The van der Waals surface area contributed by atoms with E-state index in [0.29, 0.717) is 29.8 Å². The molecule has 3 aromatic rings. The summed E-state index contributed by atoms with van der Waals surface area (Å²) in [5, 5.41) is 2.91. The third-order valence-corrected chi connectivity index (χ3v) is 7.19. The molecule has 5 rings (SSSR count). The van der Waals surface area contributed by atoms with E-state index in [-0.39, 0.29) is 23.3 Å². The van der Waals surface area contributed by atoms with Gasteiger partial charge in [-0.05, 0) is 79.7 Å². The summed E-state index contributed by atoms with van der Waals surface area (Å²) in [5.74, 6) is -0.156. The summed E-state index contributed by atoms with van der Waals surface area (Å²) in [4.78, 5) is 42.4. The molecule has 1 N–H and O–H groups in total. The van der Waals surface area contributed by atoms with E-state index in [1.807, 2.05) is 54.6 Å². The normalized spacial score (nSPS) is 16.3. The molecule has 184 valence electrons. The topological polar surface area (TPSA) is 69.7 Å². The minimum absolute atomic E-state index is 0.284. The molecule has 0 atom stereocenters. The number of carbonyl (C=O) groups is 3. The van der Waals surface area contributed by atoms with Crippen molar-refractivity contribution in [3.05, 3.63) is 101 Å². The van der Waals surface area contributed by atoms with E-state index in [1.54, 1.807) is 12.1 Å². The van der Waals surface area contributed by atoms with E-state index in [9.17, 15) is 14.4 Å². The molecule has 0 aromatic heterocycles. The zero-order valence-electron chi connectivity index (χ0n) is 20.6. The highest BCUT2D eigenvalue weighted by atomic mass is 16.2. The predicted molar refractivity (Wildman–Crippen MR) is 140 cm³/mol. The molecule has 0 radical (unpaired) electrons. The molecule has 6 heteroatoms. The third kappa shape index (κ3) is 5.24. The number of nitrogens with zero attached hydrogens (tertiary/aromatic N) is 2. The number of anilines is 1. The van der Waals surface area contributed by atoms with E-state index in [4.69, 9.17) is 0 Å². The van der Waals surface area contributed by atoms with Gasteiger partial charge in [-0.15, -0.1) is 0 Å². The van der Waals surface area contributed by atoms with Gasteiger partial charge in [0.2, 0.25) is 0 Å². The summed E-state index contributed by atoms with van der Waals surface area (Å²) >= 11 is 0. The fourth-order valence-corrected chi connectivity index (χ4v) is 4.90. The van der Waals surface area contributed by atoms with Crippen LogP contribution in [0.5, 0.6) is 0 Å². The number of hydrogen-bond donors (Lipinski definition) is 1. The van der Waals surface area contributed by atoms with Gasteiger partial charge < -0.3 is 5.32 Å². The van der Waals surface area contributed by atoms with Crippen molar-refractivity contribution in [2.24, 2.45) is 5.92 Å². The second-order valence-electron chi connectivity index (χ2n) is 9.87. The van der Waals surface area contributed by atoms with Crippen LogP contribution in [0.25, 0.3) is 0 Å². The number of nitrogens with one attached hydrogen (secondary N) is 1. The lowest BCUT2D eigenvalue weighted by atomic mass is 9.99. The first kappa shape index (κ1) is 23.9. The Hall–Kier alpha value is -3.77. The predicted octanol–water partition coefficient (Wildman–Crippen LogP) is 5.01. The summed E-state index contributed by atoms with van der Waals surface area (Å²) < 4.78 is 0. The van der Waals surface area contributed by atoms with Crippen LogP contribution in [0, 0.1) is 5.92 Å². The van der Waals surface area contributed by atoms with E-state index in [1.165, 1.54) is 29.4 Å². The molecule has 2 aliphatic heterocycles. The van der Waals surface area contributed by atoms with Crippen molar-refractivity contribution in [2.45, 2.75) is 32.7 Å². The fraction of sp³-hybridized carbons (Fsp3) is 0.300. The first-order chi connectivity index (χ1) is 17.5. The molecule has 1 fully saturated rings. The summed E-state index contributed by atoms with van der Waals surface area (Å²) in [6.07, 6.45) is 3.08. The second-order valence-corrected chi connectivity index (χ2v) is 9.87.